The molecule has 1 fully saturated rings. The van der Waals surface area contributed by atoms with Gasteiger partial charge in [0.25, 0.3) is 5.91 Å². The number of nitrogens with two attached hydrogens (primary N) is 1. The van der Waals surface area contributed by atoms with Crippen molar-refractivity contribution in [1.82, 2.24) is 9.55 Å². The molecule has 1 heterocycles. The fourth-order valence-electron chi connectivity index (χ4n) is 5.15. The molecule has 0 bridgehead atoms. The minimum Gasteiger partial charge on any atom is -0.493 e. The molecular weight excluding hydrogens is 458 g/mol. The molecule has 3 aromatic rings. The fraction of sp³-hybridized carbons (Fsp3) is 0.464. The van der Waals surface area contributed by atoms with Gasteiger partial charge in [-0.25, -0.2) is 9.78 Å². The quantitative estimate of drug-likeness (QED) is 0.419. The van der Waals surface area contributed by atoms with Crippen molar-refractivity contribution in [2.75, 3.05) is 14.2 Å². The van der Waals surface area contributed by atoms with Crippen LogP contribution in [0.1, 0.15) is 58.4 Å². The van der Waals surface area contributed by atoms with E-state index in [1.807, 2.05) is 47.0 Å². The summed E-state index contributed by atoms with van der Waals surface area (Å²) < 4.78 is 19.2. The van der Waals surface area contributed by atoms with Gasteiger partial charge in [-0.05, 0) is 62.3 Å². The molecule has 1 unspecified atom stereocenters. The van der Waals surface area contributed by atoms with Crippen LogP contribution in [0.2, 0.25) is 0 Å². The lowest BCUT2D eigenvalue weighted by Gasteiger charge is -2.35. The van der Waals surface area contributed by atoms with E-state index < -0.39 is 23.5 Å². The lowest BCUT2D eigenvalue weighted by atomic mass is 9.84. The maximum atomic E-state index is 13.9. The molecule has 0 saturated heterocycles. The van der Waals surface area contributed by atoms with Gasteiger partial charge in [0.05, 0.1) is 30.8 Å². The Morgan fingerprint density at radius 3 is 2.39 bits per heavy atom. The first kappa shape index (κ1) is 25.5. The van der Waals surface area contributed by atoms with Gasteiger partial charge in [0.2, 0.25) is 0 Å². The van der Waals surface area contributed by atoms with Crippen molar-refractivity contribution in [3.8, 4) is 22.9 Å². The predicted molar refractivity (Wildman–Crippen MR) is 138 cm³/mol. The fourth-order valence-corrected chi connectivity index (χ4v) is 5.15. The zero-order chi connectivity index (χ0) is 25.9. The number of carbonyl (C=O) groups is 2. The highest BCUT2D eigenvalue weighted by Crippen LogP contribution is 2.41. The molecule has 0 radical (unpaired) electrons. The minimum absolute atomic E-state index is 0.166. The van der Waals surface area contributed by atoms with E-state index >= 15 is 0 Å². The molecule has 4 rings (SSSR count). The molecule has 0 aliphatic heterocycles. The Kier molecular flexibility index (Phi) is 7.52. The zero-order valence-electron chi connectivity index (χ0n) is 21.5. The summed E-state index contributed by atoms with van der Waals surface area (Å²) in [7, 11) is 3.16. The second-order valence-electron chi connectivity index (χ2n) is 9.82. The average Bonchev–Trinajstić information content (AvgIpc) is 3.26. The van der Waals surface area contributed by atoms with Crippen molar-refractivity contribution in [3.05, 3.63) is 42.5 Å². The third kappa shape index (κ3) is 4.76. The van der Waals surface area contributed by atoms with Gasteiger partial charge >= 0.3 is 5.97 Å². The number of primary amides is 1. The van der Waals surface area contributed by atoms with Gasteiger partial charge in [-0.2, -0.15) is 0 Å². The zero-order valence-corrected chi connectivity index (χ0v) is 21.5. The van der Waals surface area contributed by atoms with Crippen LogP contribution in [0.25, 0.3) is 22.4 Å². The third-order valence-electron chi connectivity index (χ3n) is 6.92. The van der Waals surface area contributed by atoms with E-state index in [-0.39, 0.29) is 5.92 Å². The Bertz CT molecular complexity index is 1240. The second-order valence-corrected chi connectivity index (χ2v) is 9.82. The Morgan fingerprint density at radius 1 is 1.03 bits per heavy atom. The van der Waals surface area contributed by atoms with Crippen molar-refractivity contribution in [3.63, 3.8) is 0 Å². The Balaban J connectivity index is 1.89. The topological polar surface area (TPSA) is 106 Å². The summed E-state index contributed by atoms with van der Waals surface area (Å²) in [5.41, 5.74) is 6.73. The summed E-state index contributed by atoms with van der Waals surface area (Å²) >= 11 is 0. The molecule has 36 heavy (non-hydrogen) atoms. The second kappa shape index (κ2) is 10.6. The molecule has 2 aromatic carbocycles. The monoisotopic (exact) mass is 493 g/mol. The van der Waals surface area contributed by atoms with Crippen LogP contribution in [-0.2, 0) is 14.3 Å². The average molecular weight is 494 g/mol. The van der Waals surface area contributed by atoms with E-state index in [4.69, 9.17) is 24.9 Å². The molecular formula is C28H35N3O5. The molecule has 0 spiro atoms. The maximum Gasteiger partial charge on any atom is 0.330 e. The van der Waals surface area contributed by atoms with Crippen molar-refractivity contribution in [2.24, 2.45) is 11.7 Å². The van der Waals surface area contributed by atoms with Crippen LogP contribution in [0.4, 0.5) is 0 Å². The summed E-state index contributed by atoms with van der Waals surface area (Å²) in [6.45, 7) is 4.10. The van der Waals surface area contributed by atoms with E-state index in [2.05, 4.69) is 13.8 Å². The van der Waals surface area contributed by atoms with Crippen LogP contribution < -0.4 is 15.2 Å². The lowest BCUT2D eigenvalue weighted by Crippen LogP contribution is -2.50. The van der Waals surface area contributed by atoms with Crippen LogP contribution in [-0.4, -0.2) is 41.2 Å². The highest BCUT2D eigenvalue weighted by Gasteiger charge is 2.44. The number of aromatic nitrogens is 2. The molecule has 8 nitrogen and oxygen atoms in total. The van der Waals surface area contributed by atoms with Crippen molar-refractivity contribution >= 4 is 22.9 Å². The first-order valence-corrected chi connectivity index (χ1v) is 12.5. The molecule has 1 aliphatic rings. The van der Waals surface area contributed by atoms with Gasteiger partial charge in [0, 0.05) is 0 Å². The Labute approximate surface area is 211 Å². The molecule has 1 saturated carbocycles. The predicted octanol–water partition coefficient (Wildman–Crippen LogP) is 5.04. The van der Waals surface area contributed by atoms with Crippen LogP contribution in [0.3, 0.4) is 0 Å². The van der Waals surface area contributed by atoms with E-state index in [0.717, 1.165) is 30.3 Å². The van der Waals surface area contributed by atoms with E-state index in [9.17, 15) is 9.59 Å². The number of hydrogen-bond acceptors (Lipinski definition) is 6. The van der Waals surface area contributed by atoms with E-state index in [0.29, 0.717) is 42.1 Å². The van der Waals surface area contributed by atoms with Gasteiger partial charge in [0.15, 0.2) is 17.1 Å². The molecule has 192 valence electrons. The molecule has 1 amide bonds. The van der Waals surface area contributed by atoms with Crippen LogP contribution in [0.15, 0.2) is 42.5 Å². The number of imidazole rings is 1. The number of fused-ring (bicyclic) bond motifs is 1. The molecule has 1 aromatic heterocycles. The van der Waals surface area contributed by atoms with Gasteiger partial charge in [-0.1, -0.05) is 38.5 Å². The Morgan fingerprint density at radius 2 is 1.75 bits per heavy atom. The number of hydrogen-bond donors (Lipinski definition) is 1. The number of esters is 1. The molecule has 8 heteroatoms. The van der Waals surface area contributed by atoms with Crippen LogP contribution in [0.5, 0.6) is 11.5 Å². The number of benzene rings is 2. The highest BCUT2D eigenvalue weighted by molar-refractivity contribution is 5.89. The van der Waals surface area contributed by atoms with Gasteiger partial charge in [-0.3, -0.25) is 4.79 Å². The largest absolute Gasteiger partial charge is 0.493 e. The number of ether oxygens (including phenoxy) is 3. The van der Waals surface area contributed by atoms with Crippen molar-refractivity contribution < 1.29 is 23.8 Å². The van der Waals surface area contributed by atoms with E-state index in [1.165, 1.54) is 0 Å². The third-order valence-corrected chi connectivity index (χ3v) is 6.92. The summed E-state index contributed by atoms with van der Waals surface area (Å²) in [5, 5.41) is 0. The van der Waals surface area contributed by atoms with Gasteiger partial charge < -0.3 is 24.5 Å². The van der Waals surface area contributed by atoms with E-state index in [1.54, 1.807) is 14.2 Å². The summed E-state index contributed by atoms with van der Waals surface area (Å²) in [6, 6.07) is 12.5. The SMILES string of the molecule is COc1cccc(-c2nc3ccccc3n2C(CC(C)C)C(=O)OC2(C(N)=O)CCCCC2)c1OC. The summed E-state index contributed by atoms with van der Waals surface area (Å²) in [5.74, 6) is 0.756. The maximum absolute atomic E-state index is 13.9. The lowest BCUT2D eigenvalue weighted by molar-refractivity contribution is -0.174. The first-order chi connectivity index (χ1) is 17.3. The number of methoxy groups -OCH3 is 2. The van der Waals surface area contributed by atoms with Crippen LogP contribution >= 0.6 is 0 Å². The molecule has 1 aliphatic carbocycles. The number of carbonyl (C=O) groups excluding carboxylic acids is 2. The first-order valence-electron chi connectivity index (χ1n) is 12.5. The number of nitrogens with zero attached hydrogens (tertiary/aromatic N) is 2. The number of rotatable bonds is 9. The highest BCUT2D eigenvalue weighted by atomic mass is 16.6. The van der Waals surface area contributed by atoms with Gasteiger partial charge in [-0.15, -0.1) is 0 Å². The summed E-state index contributed by atoms with van der Waals surface area (Å²) in [4.78, 5) is 31.3. The molecule has 1 atom stereocenters. The number of amides is 1. The standard InChI is InChI=1S/C28H35N3O5/c1-18(2)17-22(26(32)36-28(27(29)33)15-8-5-9-16-28)31-21-13-7-6-12-20(21)30-25(31)19-11-10-14-23(34-3)24(19)35-4/h6-7,10-14,18,22H,5,8-9,15-17H2,1-4H3,(H2,29,33). The normalized spacial score (nSPS) is 16.0. The summed E-state index contributed by atoms with van der Waals surface area (Å²) in [6.07, 6.45) is 3.98. The van der Waals surface area contributed by atoms with Gasteiger partial charge in [0.1, 0.15) is 11.9 Å². The smallest absolute Gasteiger partial charge is 0.330 e. The van der Waals surface area contributed by atoms with Crippen molar-refractivity contribution in [1.29, 1.82) is 0 Å². The van der Waals surface area contributed by atoms with Crippen LogP contribution in [0, 0.1) is 5.92 Å². The Hall–Kier alpha value is -3.55. The number of para-hydroxylation sites is 3. The molecule has 2 N–H and O–H groups in total. The van der Waals surface area contributed by atoms with Crippen molar-refractivity contribution in [2.45, 2.75) is 64.0 Å². The minimum atomic E-state index is -1.27.